The Morgan fingerprint density at radius 3 is 1.32 bits per heavy atom. The molecule has 0 aliphatic heterocycles. The molecule has 0 aromatic carbocycles. The van der Waals surface area contributed by atoms with Crippen LogP contribution in [0, 0.1) is 0 Å². The van der Waals surface area contributed by atoms with E-state index in [0.717, 1.165) is 0 Å². The van der Waals surface area contributed by atoms with Gasteiger partial charge in [-0.3, -0.25) is 33.9 Å². The van der Waals surface area contributed by atoms with Gasteiger partial charge in [-0.05, 0) is 19.9 Å². The third-order valence-corrected chi connectivity index (χ3v) is 3.64. The zero-order valence-corrected chi connectivity index (χ0v) is 15.9. The Kier molecular flexibility index (Phi) is 12.7. The maximum absolute atomic E-state index is 10.8. The predicted molar refractivity (Wildman–Crippen MR) is 96.2 cm³/mol. The summed E-state index contributed by atoms with van der Waals surface area (Å²) >= 11 is 0. The number of aliphatic hydroxyl groups is 1. The SMILES string of the molecule is CC(O)CN(CCCN(CC(=O)O)CC(=O)O)CCN(CC(=O)O)CC(=O)O. The molecule has 0 aromatic rings. The number of hydrogen-bond donors (Lipinski definition) is 5. The van der Waals surface area contributed by atoms with Crippen molar-refractivity contribution in [2.45, 2.75) is 19.4 Å². The first-order chi connectivity index (χ1) is 13.0. The van der Waals surface area contributed by atoms with E-state index in [0.29, 0.717) is 19.5 Å². The van der Waals surface area contributed by atoms with Gasteiger partial charge in [-0.15, -0.1) is 0 Å². The van der Waals surface area contributed by atoms with E-state index in [4.69, 9.17) is 20.4 Å². The summed E-state index contributed by atoms with van der Waals surface area (Å²) < 4.78 is 0. The molecule has 12 nitrogen and oxygen atoms in total. The first kappa shape index (κ1) is 25.7. The zero-order valence-electron chi connectivity index (χ0n) is 15.9. The molecule has 12 heteroatoms. The fourth-order valence-corrected chi connectivity index (χ4v) is 2.66. The van der Waals surface area contributed by atoms with E-state index >= 15 is 0 Å². The van der Waals surface area contributed by atoms with Gasteiger partial charge in [-0.2, -0.15) is 0 Å². The van der Waals surface area contributed by atoms with Crippen molar-refractivity contribution in [2.75, 3.05) is 58.9 Å². The molecule has 0 amide bonds. The largest absolute Gasteiger partial charge is 0.480 e. The van der Waals surface area contributed by atoms with Crippen molar-refractivity contribution < 1.29 is 44.7 Å². The molecule has 1 unspecified atom stereocenters. The summed E-state index contributed by atoms with van der Waals surface area (Å²) in [6.07, 6.45) is -0.257. The van der Waals surface area contributed by atoms with Crippen molar-refractivity contribution >= 4 is 23.9 Å². The summed E-state index contributed by atoms with van der Waals surface area (Å²) in [5.74, 6) is -4.58. The lowest BCUT2D eigenvalue weighted by Gasteiger charge is -2.28. The monoisotopic (exact) mass is 407 g/mol. The van der Waals surface area contributed by atoms with Crippen LogP contribution in [0.3, 0.4) is 0 Å². The Labute approximate surface area is 162 Å². The minimum atomic E-state index is -1.15. The van der Waals surface area contributed by atoms with Crippen LogP contribution in [0.1, 0.15) is 13.3 Å². The van der Waals surface area contributed by atoms with Crippen molar-refractivity contribution in [1.82, 2.24) is 14.7 Å². The van der Waals surface area contributed by atoms with Crippen molar-refractivity contribution in [1.29, 1.82) is 0 Å². The van der Waals surface area contributed by atoms with Gasteiger partial charge in [0.2, 0.25) is 0 Å². The highest BCUT2D eigenvalue weighted by Crippen LogP contribution is 2.00. The van der Waals surface area contributed by atoms with Crippen molar-refractivity contribution in [2.24, 2.45) is 0 Å². The average Bonchev–Trinajstić information content (AvgIpc) is 2.49. The molecule has 0 bridgehead atoms. The third kappa shape index (κ3) is 14.8. The molecule has 0 radical (unpaired) electrons. The summed E-state index contributed by atoms with van der Waals surface area (Å²) in [6.45, 7) is 1.20. The lowest BCUT2D eigenvalue weighted by atomic mass is 10.3. The average molecular weight is 407 g/mol. The molecule has 5 N–H and O–H groups in total. The summed E-state index contributed by atoms with van der Waals surface area (Å²) in [6, 6.07) is 0. The molecule has 0 spiro atoms. The summed E-state index contributed by atoms with van der Waals surface area (Å²) in [7, 11) is 0. The third-order valence-electron chi connectivity index (χ3n) is 3.64. The maximum Gasteiger partial charge on any atom is 0.317 e. The Morgan fingerprint density at radius 1 is 0.643 bits per heavy atom. The van der Waals surface area contributed by atoms with Gasteiger partial charge in [0.05, 0.1) is 32.3 Å². The molecule has 0 rings (SSSR count). The molecular formula is C16H29N3O9. The topological polar surface area (TPSA) is 179 Å². The first-order valence-electron chi connectivity index (χ1n) is 8.71. The highest BCUT2D eigenvalue weighted by atomic mass is 16.4. The van der Waals surface area contributed by atoms with Crippen LogP contribution in [0.5, 0.6) is 0 Å². The highest BCUT2D eigenvalue weighted by Gasteiger charge is 2.17. The molecule has 0 saturated heterocycles. The van der Waals surface area contributed by atoms with Gasteiger partial charge in [0.25, 0.3) is 0 Å². The van der Waals surface area contributed by atoms with E-state index in [1.165, 1.54) is 9.80 Å². The fourth-order valence-electron chi connectivity index (χ4n) is 2.66. The van der Waals surface area contributed by atoms with Crippen LogP contribution < -0.4 is 0 Å². The van der Waals surface area contributed by atoms with E-state index in [-0.39, 0.29) is 19.6 Å². The highest BCUT2D eigenvalue weighted by molar-refractivity contribution is 5.73. The first-order valence-corrected chi connectivity index (χ1v) is 8.71. The molecule has 0 aromatic heterocycles. The van der Waals surface area contributed by atoms with Crippen LogP contribution in [0.15, 0.2) is 0 Å². The fraction of sp³-hybridized carbons (Fsp3) is 0.750. The van der Waals surface area contributed by atoms with Crippen molar-refractivity contribution in [3.8, 4) is 0 Å². The summed E-state index contributed by atoms with van der Waals surface area (Å²) in [5, 5.41) is 45.0. The van der Waals surface area contributed by atoms with Gasteiger partial charge in [-0.25, -0.2) is 0 Å². The van der Waals surface area contributed by atoms with E-state index < -0.39 is 56.2 Å². The van der Waals surface area contributed by atoms with Gasteiger partial charge in [0.15, 0.2) is 0 Å². The predicted octanol–water partition coefficient (Wildman–Crippen LogP) is -2.00. The number of hydrogen-bond acceptors (Lipinski definition) is 8. The van der Waals surface area contributed by atoms with Crippen LogP contribution in [-0.4, -0.2) is 129 Å². The zero-order chi connectivity index (χ0) is 21.7. The molecule has 0 aliphatic rings. The minimum Gasteiger partial charge on any atom is -0.480 e. The number of carboxylic acids is 4. The van der Waals surface area contributed by atoms with E-state index in [9.17, 15) is 24.3 Å². The lowest BCUT2D eigenvalue weighted by molar-refractivity contribution is -0.144. The quantitative estimate of drug-likeness (QED) is 0.179. The van der Waals surface area contributed by atoms with Crippen molar-refractivity contribution in [3.05, 3.63) is 0 Å². The number of carboxylic acid groups (broad SMARTS) is 4. The Hall–Kier alpha value is -2.28. The Balaban J connectivity index is 4.69. The smallest absolute Gasteiger partial charge is 0.317 e. The molecule has 0 fully saturated rings. The number of aliphatic hydroxyl groups excluding tert-OH is 1. The molecule has 28 heavy (non-hydrogen) atoms. The number of rotatable bonds is 17. The van der Waals surface area contributed by atoms with Gasteiger partial charge in [0, 0.05) is 26.2 Å². The van der Waals surface area contributed by atoms with E-state index in [2.05, 4.69) is 0 Å². The van der Waals surface area contributed by atoms with Crippen LogP contribution in [0.2, 0.25) is 0 Å². The molecule has 162 valence electrons. The second-order valence-electron chi connectivity index (χ2n) is 6.50. The standard InChI is InChI=1S/C16H29N3O9/c1-12(20)7-17(5-6-19(10-15(25)26)11-16(27)28)3-2-4-18(8-13(21)22)9-14(23)24/h12,20H,2-11H2,1H3,(H,21,22)(H,23,24)(H,25,26)(H,27,28). The lowest BCUT2D eigenvalue weighted by Crippen LogP contribution is -2.43. The van der Waals surface area contributed by atoms with Crippen LogP contribution >= 0.6 is 0 Å². The number of carbonyl (C=O) groups is 4. The Bertz CT molecular complexity index is 495. The summed E-state index contributed by atoms with van der Waals surface area (Å²) in [5.41, 5.74) is 0. The van der Waals surface area contributed by atoms with Crippen LogP contribution in [-0.2, 0) is 19.2 Å². The summed E-state index contributed by atoms with van der Waals surface area (Å²) in [4.78, 5) is 47.6. The van der Waals surface area contributed by atoms with E-state index in [1.807, 2.05) is 0 Å². The second-order valence-corrected chi connectivity index (χ2v) is 6.50. The molecule has 0 saturated carbocycles. The number of nitrogens with zero attached hydrogens (tertiary/aromatic N) is 3. The van der Waals surface area contributed by atoms with Gasteiger partial charge < -0.3 is 25.5 Å². The van der Waals surface area contributed by atoms with Crippen LogP contribution in [0.4, 0.5) is 0 Å². The van der Waals surface area contributed by atoms with E-state index in [1.54, 1.807) is 11.8 Å². The van der Waals surface area contributed by atoms with Crippen LogP contribution in [0.25, 0.3) is 0 Å². The molecule has 0 heterocycles. The van der Waals surface area contributed by atoms with Crippen molar-refractivity contribution in [3.63, 3.8) is 0 Å². The van der Waals surface area contributed by atoms with Gasteiger partial charge >= 0.3 is 23.9 Å². The molecule has 0 aliphatic carbocycles. The van der Waals surface area contributed by atoms with Gasteiger partial charge in [-0.1, -0.05) is 0 Å². The molecule has 1 atom stereocenters. The Morgan fingerprint density at radius 2 is 0.964 bits per heavy atom. The normalized spacial score (nSPS) is 12.5. The maximum atomic E-state index is 10.8. The second kappa shape index (κ2) is 13.8. The number of aliphatic carboxylic acids is 4. The minimum absolute atomic E-state index is 0.152. The molecular weight excluding hydrogens is 378 g/mol. The van der Waals surface area contributed by atoms with Gasteiger partial charge in [0.1, 0.15) is 0 Å².